The Kier molecular flexibility index (Phi) is 8.88. The average Bonchev–Trinajstić information content (AvgIpc) is 2.65. The van der Waals surface area contributed by atoms with Crippen LogP contribution in [0.2, 0.25) is 5.02 Å². The molecule has 0 aromatic heterocycles. The normalized spacial score (nSPS) is 12.1. The van der Waals surface area contributed by atoms with Gasteiger partial charge in [0.1, 0.15) is 5.82 Å². The van der Waals surface area contributed by atoms with Crippen LogP contribution in [0.15, 0.2) is 47.5 Å². The number of benzene rings is 2. The van der Waals surface area contributed by atoms with Gasteiger partial charge in [-0.2, -0.15) is 0 Å². The predicted octanol–water partition coefficient (Wildman–Crippen LogP) is 2.91. The first kappa shape index (κ1) is 23.1. The number of ether oxygens (including phenoxy) is 1. The van der Waals surface area contributed by atoms with Gasteiger partial charge >= 0.3 is 0 Å². The number of aliphatic imine (C=N–C) groups is 1. The second kappa shape index (κ2) is 11.1. The molecule has 29 heavy (non-hydrogen) atoms. The Morgan fingerprint density at radius 1 is 1.17 bits per heavy atom. The van der Waals surface area contributed by atoms with E-state index in [9.17, 15) is 12.8 Å². The van der Waals surface area contributed by atoms with E-state index < -0.39 is 15.7 Å². The number of sulfone groups is 1. The van der Waals surface area contributed by atoms with Crippen molar-refractivity contribution in [2.75, 3.05) is 26.5 Å². The van der Waals surface area contributed by atoms with Crippen LogP contribution in [0.3, 0.4) is 0 Å². The number of halogens is 2. The van der Waals surface area contributed by atoms with Crippen LogP contribution < -0.4 is 10.6 Å². The van der Waals surface area contributed by atoms with Crippen molar-refractivity contribution in [3.8, 4) is 0 Å². The van der Waals surface area contributed by atoms with Crippen molar-refractivity contribution in [1.82, 2.24) is 10.6 Å². The first-order chi connectivity index (χ1) is 13.8. The summed E-state index contributed by atoms with van der Waals surface area (Å²) in [7, 11) is -1.61. The summed E-state index contributed by atoms with van der Waals surface area (Å²) in [6.45, 7) is 1.66. The van der Waals surface area contributed by atoms with Crippen LogP contribution in [0.5, 0.6) is 0 Å². The van der Waals surface area contributed by atoms with Crippen LogP contribution in [0.25, 0.3) is 0 Å². The maximum Gasteiger partial charge on any atom is 0.191 e. The van der Waals surface area contributed by atoms with Crippen LogP contribution in [-0.4, -0.2) is 40.8 Å². The summed E-state index contributed by atoms with van der Waals surface area (Å²) in [5.74, 6) is -0.0597. The number of hydrogen-bond donors (Lipinski definition) is 2. The van der Waals surface area contributed by atoms with E-state index >= 15 is 0 Å². The molecular formula is C20H25ClFN3O3S. The van der Waals surface area contributed by atoms with Crippen molar-refractivity contribution in [1.29, 1.82) is 0 Å². The zero-order valence-electron chi connectivity index (χ0n) is 16.4. The summed E-state index contributed by atoms with van der Waals surface area (Å²) in [6.07, 6.45) is 1.15. The molecule has 0 amide bonds. The Balaban J connectivity index is 1.81. The Morgan fingerprint density at radius 3 is 2.66 bits per heavy atom. The van der Waals surface area contributed by atoms with Gasteiger partial charge < -0.3 is 15.4 Å². The molecule has 158 valence electrons. The van der Waals surface area contributed by atoms with Crippen molar-refractivity contribution in [2.24, 2.45) is 4.99 Å². The molecule has 0 unspecified atom stereocenters. The number of guanidine groups is 1. The Bertz CT molecular complexity index is 952. The van der Waals surface area contributed by atoms with Gasteiger partial charge in [0.15, 0.2) is 15.8 Å². The molecule has 0 bridgehead atoms. The van der Waals surface area contributed by atoms with Crippen LogP contribution >= 0.6 is 11.6 Å². The molecule has 2 rings (SSSR count). The van der Waals surface area contributed by atoms with Crippen LogP contribution in [0.1, 0.15) is 16.7 Å². The molecule has 0 aliphatic carbocycles. The number of rotatable bonds is 9. The molecule has 2 aromatic rings. The fourth-order valence-electron chi connectivity index (χ4n) is 2.64. The lowest BCUT2D eigenvalue weighted by atomic mass is 10.1. The van der Waals surface area contributed by atoms with E-state index in [0.29, 0.717) is 41.9 Å². The molecule has 0 fully saturated rings. The summed E-state index contributed by atoms with van der Waals surface area (Å²) in [5.41, 5.74) is 2.11. The SMILES string of the molecule is CN=C(NCCOCc1cccc(Cl)c1)NCc1cc(F)ccc1CS(C)(=O)=O. The fourth-order valence-corrected chi connectivity index (χ4v) is 3.70. The summed E-state index contributed by atoms with van der Waals surface area (Å²) >= 11 is 5.94. The highest BCUT2D eigenvalue weighted by molar-refractivity contribution is 7.89. The molecule has 0 saturated heterocycles. The molecule has 2 aromatic carbocycles. The van der Waals surface area contributed by atoms with Crippen molar-refractivity contribution in [2.45, 2.75) is 18.9 Å². The third kappa shape index (κ3) is 8.81. The summed E-state index contributed by atoms with van der Waals surface area (Å²) < 4.78 is 42.4. The minimum absolute atomic E-state index is 0.145. The van der Waals surface area contributed by atoms with Crippen LogP contribution in [0, 0.1) is 5.82 Å². The number of nitrogens with one attached hydrogen (secondary N) is 2. The molecule has 9 heteroatoms. The smallest absolute Gasteiger partial charge is 0.191 e. The largest absolute Gasteiger partial charge is 0.375 e. The maximum atomic E-state index is 13.6. The van der Waals surface area contributed by atoms with Crippen molar-refractivity contribution < 1.29 is 17.5 Å². The van der Waals surface area contributed by atoms with E-state index in [1.807, 2.05) is 24.3 Å². The maximum absolute atomic E-state index is 13.6. The molecule has 0 radical (unpaired) electrons. The van der Waals surface area contributed by atoms with Gasteiger partial charge in [0, 0.05) is 31.4 Å². The van der Waals surface area contributed by atoms with E-state index in [4.69, 9.17) is 16.3 Å². The standard InChI is InChI=1S/C20H25ClFN3O3S/c1-23-20(24-8-9-28-13-15-4-3-5-18(21)10-15)25-12-17-11-19(22)7-6-16(17)14-29(2,26)27/h3-7,10-11H,8-9,12-14H2,1-2H3,(H2,23,24,25). The summed E-state index contributed by atoms with van der Waals surface area (Å²) in [6, 6.07) is 11.5. The predicted molar refractivity (Wildman–Crippen MR) is 114 cm³/mol. The zero-order valence-corrected chi connectivity index (χ0v) is 18.0. The second-order valence-corrected chi connectivity index (χ2v) is 9.09. The Labute approximate surface area is 176 Å². The van der Waals surface area contributed by atoms with E-state index in [0.717, 1.165) is 11.8 Å². The van der Waals surface area contributed by atoms with Crippen LogP contribution in [-0.2, 0) is 33.5 Å². The van der Waals surface area contributed by atoms with Gasteiger partial charge in [0.25, 0.3) is 0 Å². The van der Waals surface area contributed by atoms with Gasteiger partial charge in [-0.1, -0.05) is 29.8 Å². The number of hydrogen-bond acceptors (Lipinski definition) is 4. The first-order valence-electron chi connectivity index (χ1n) is 8.98. The van der Waals surface area contributed by atoms with Gasteiger partial charge in [0.05, 0.1) is 19.0 Å². The van der Waals surface area contributed by atoms with Crippen LogP contribution in [0.4, 0.5) is 4.39 Å². The zero-order chi connectivity index (χ0) is 21.3. The minimum Gasteiger partial charge on any atom is -0.375 e. The lowest BCUT2D eigenvalue weighted by Gasteiger charge is -2.14. The molecule has 0 heterocycles. The van der Waals surface area contributed by atoms with Gasteiger partial charge in [-0.25, -0.2) is 12.8 Å². The molecule has 2 N–H and O–H groups in total. The van der Waals surface area contributed by atoms with Crippen molar-refractivity contribution in [3.05, 3.63) is 70.0 Å². The van der Waals surface area contributed by atoms with E-state index in [1.54, 1.807) is 7.05 Å². The van der Waals surface area contributed by atoms with Gasteiger partial charge in [-0.15, -0.1) is 0 Å². The van der Waals surface area contributed by atoms with E-state index in [2.05, 4.69) is 15.6 Å². The molecule has 0 saturated carbocycles. The number of nitrogens with zero attached hydrogens (tertiary/aromatic N) is 1. The quantitative estimate of drug-likeness (QED) is 0.355. The summed E-state index contributed by atoms with van der Waals surface area (Å²) in [4.78, 5) is 4.11. The topological polar surface area (TPSA) is 79.8 Å². The molecule has 6 nitrogen and oxygen atoms in total. The highest BCUT2D eigenvalue weighted by Crippen LogP contribution is 2.14. The lowest BCUT2D eigenvalue weighted by Crippen LogP contribution is -2.38. The van der Waals surface area contributed by atoms with E-state index in [-0.39, 0.29) is 12.3 Å². The van der Waals surface area contributed by atoms with Gasteiger partial charge in [0.2, 0.25) is 0 Å². The first-order valence-corrected chi connectivity index (χ1v) is 11.4. The third-order valence-corrected chi connectivity index (χ3v) is 5.02. The van der Waals surface area contributed by atoms with Gasteiger partial charge in [-0.3, -0.25) is 4.99 Å². The van der Waals surface area contributed by atoms with Crippen molar-refractivity contribution in [3.63, 3.8) is 0 Å². The third-order valence-electron chi connectivity index (χ3n) is 3.95. The fraction of sp³-hybridized carbons (Fsp3) is 0.350. The van der Waals surface area contributed by atoms with Crippen molar-refractivity contribution >= 4 is 27.4 Å². The lowest BCUT2D eigenvalue weighted by molar-refractivity contribution is 0.125. The Morgan fingerprint density at radius 2 is 1.97 bits per heavy atom. The molecule has 0 spiro atoms. The van der Waals surface area contributed by atoms with E-state index in [1.165, 1.54) is 18.2 Å². The highest BCUT2D eigenvalue weighted by Gasteiger charge is 2.11. The summed E-state index contributed by atoms with van der Waals surface area (Å²) in [5, 5.41) is 6.82. The van der Waals surface area contributed by atoms with Gasteiger partial charge in [-0.05, 0) is 41.0 Å². The molecule has 0 aliphatic rings. The Hall–Kier alpha value is -2.16. The highest BCUT2D eigenvalue weighted by atomic mass is 35.5. The second-order valence-electron chi connectivity index (χ2n) is 6.52. The molecule has 0 aliphatic heterocycles. The molecule has 0 atom stereocenters. The molecular weight excluding hydrogens is 417 g/mol. The minimum atomic E-state index is -3.22. The average molecular weight is 442 g/mol. The monoisotopic (exact) mass is 441 g/mol.